The zero-order valence-corrected chi connectivity index (χ0v) is 20.0. The lowest BCUT2D eigenvalue weighted by Gasteiger charge is -2.25. The van der Waals surface area contributed by atoms with Gasteiger partial charge in [-0.3, -0.25) is 4.79 Å². The van der Waals surface area contributed by atoms with Crippen molar-refractivity contribution in [2.24, 2.45) is 0 Å². The van der Waals surface area contributed by atoms with Crippen LogP contribution < -0.4 is 0 Å². The van der Waals surface area contributed by atoms with E-state index in [-0.39, 0.29) is 18.5 Å². The second-order valence-electron chi connectivity index (χ2n) is 9.23. The average molecular weight is 492 g/mol. The number of hydrogen-bond donors (Lipinski definition) is 0. The van der Waals surface area contributed by atoms with Gasteiger partial charge in [-0.25, -0.2) is 4.39 Å². The first-order valence-electron chi connectivity index (χ1n) is 10.8. The van der Waals surface area contributed by atoms with Gasteiger partial charge in [-0.1, -0.05) is 87.0 Å². The van der Waals surface area contributed by atoms with Gasteiger partial charge in [0.05, 0.1) is 16.1 Å². The minimum Gasteiger partial charge on any atom is -0.334 e. The van der Waals surface area contributed by atoms with Crippen LogP contribution in [0.4, 0.5) is 17.6 Å². The molecule has 0 N–H and O–H groups in total. The molecule has 0 atom stereocenters. The molecule has 0 aliphatic heterocycles. The third-order valence-corrected chi connectivity index (χ3v) is 5.85. The molecule has 0 radical (unpaired) electrons. The van der Waals surface area contributed by atoms with Crippen molar-refractivity contribution < 1.29 is 22.4 Å². The third-order valence-electron chi connectivity index (χ3n) is 5.58. The van der Waals surface area contributed by atoms with E-state index in [0.717, 1.165) is 16.7 Å². The largest absolute Gasteiger partial charge is 0.416 e. The van der Waals surface area contributed by atoms with Crippen molar-refractivity contribution >= 4 is 17.5 Å². The zero-order chi connectivity index (χ0) is 25.1. The van der Waals surface area contributed by atoms with Gasteiger partial charge in [-0.2, -0.15) is 13.2 Å². The highest BCUT2D eigenvalue weighted by atomic mass is 35.5. The Bertz CT molecular complexity index is 1140. The first-order valence-corrected chi connectivity index (χ1v) is 11.2. The van der Waals surface area contributed by atoms with Crippen molar-refractivity contribution in [3.63, 3.8) is 0 Å². The van der Waals surface area contributed by atoms with Crippen molar-refractivity contribution in [3.05, 3.63) is 105 Å². The fraction of sp³-hybridized carbons (Fsp3) is 0.296. The number of nitrogens with zero attached hydrogens (tertiary/aromatic N) is 1. The van der Waals surface area contributed by atoms with Crippen LogP contribution in [0.1, 0.15) is 53.4 Å². The maximum Gasteiger partial charge on any atom is 0.416 e. The normalized spacial score (nSPS) is 12.0. The minimum absolute atomic E-state index is 0.0563. The van der Waals surface area contributed by atoms with Gasteiger partial charge >= 0.3 is 6.18 Å². The lowest BCUT2D eigenvalue weighted by Crippen LogP contribution is -2.33. The van der Waals surface area contributed by atoms with Crippen LogP contribution in [0.15, 0.2) is 66.7 Å². The molecule has 1 amide bonds. The van der Waals surface area contributed by atoms with Crippen molar-refractivity contribution in [2.75, 3.05) is 6.54 Å². The SMILES string of the molecule is CC(C)(C)c1ccc(CN(CCc2ccccc2)C(=O)c2cc(C(F)(F)F)cc(Cl)c2F)cc1. The van der Waals surface area contributed by atoms with Gasteiger partial charge in [-0.15, -0.1) is 0 Å². The molecule has 0 aromatic heterocycles. The van der Waals surface area contributed by atoms with E-state index in [2.05, 4.69) is 20.8 Å². The van der Waals surface area contributed by atoms with Gasteiger partial charge in [0, 0.05) is 13.1 Å². The summed E-state index contributed by atoms with van der Waals surface area (Å²) in [5.74, 6) is -2.01. The van der Waals surface area contributed by atoms with E-state index in [0.29, 0.717) is 18.6 Å². The highest BCUT2D eigenvalue weighted by Crippen LogP contribution is 2.34. The predicted molar refractivity (Wildman–Crippen MR) is 126 cm³/mol. The van der Waals surface area contributed by atoms with E-state index < -0.39 is 34.1 Å². The number of hydrogen-bond acceptors (Lipinski definition) is 1. The van der Waals surface area contributed by atoms with Crippen molar-refractivity contribution in [1.82, 2.24) is 4.90 Å². The molecular weight excluding hydrogens is 466 g/mol. The summed E-state index contributed by atoms with van der Waals surface area (Å²) in [6, 6.07) is 18.0. The number of amides is 1. The number of alkyl halides is 3. The first kappa shape index (κ1) is 25.8. The van der Waals surface area contributed by atoms with Gasteiger partial charge in [0.25, 0.3) is 5.91 Å². The van der Waals surface area contributed by atoms with Gasteiger partial charge in [0.1, 0.15) is 0 Å². The van der Waals surface area contributed by atoms with Crippen LogP contribution in [0.5, 0.6) is 0 Å². The summed E-state index contributed by atoms with van der Waals surface area (Å²) in [4.78, 5) is 14.7. The van der Waals surface area contributed by atoms with Crippen LogP contribution in [-0.2, 0) is 24.6 Å². The molecule has 3 rings (SSSR count). The Balaban J connectivity index is 1.94. The molecule has 0 aliphatic rings. The maximum absolute atomic E-state index is 14.7. The molecule has 2 nitrogen and oxygen atoms in total. The van der Waals surface area contributed by atoms with Crippen LogP contribution in [0.2, 0.25) is 5.02 Å². The van der Waals surface area contributed by atoms with E-state index in [1.165, 1.54) is 4.90 Å². The Morgan fingerprint density at radius 3 is 2.06 bits per heavy atom. The molecule has 0 aliphatic carbocycles. The second kappa shape index (κ2) is 10.2. The molecule has 0 saturated carbocycles. The summed E-state index contributed by atoms with van der Waals surface area (Å²) in [6.45, 7) is 6.55. The molecule has 3 aromatic rings. The summed E-state index contributed by atoms with van der Waals surface area (Å²) in [7, 11) is 0. The molecule has 180 valence electrons. The third kappa shape index (κ3) is 6.38. The van der Waals surface area contributed by atoms with Crippen LogP contribution in [-0.4, -0.2) is 17.4 Å². The van der Waals surface area contributed by atoms with Gasteiger partial charge in [0.15, 0.2) is 5.82 Å². The molecule has 0 fully saturated rings. The number of halogens is 5. The van der Waals surface area contributed by atoms with Gasteiger partial charge in [0.2, 0.25) is 0 Å². The molecule has 0 spiro atoms. The predicted octanol–water partition coefficient (Wildman–Crippen LogP) is 7.68. The van der Waals surface area contributed by atoms with Crippen molar-refractivity contribution in [3.8, 4) is 0 Å². The molecule has 7 heteroatoms. The molecule has 3 aromatic carbocycles. The lowest BCUT2D eigenvalue weighted by molar-refractivity contribution is -0.137. The van der Waals surface area contributed by atoms with E-state index in [1.54, 1.807) is 0 Å². The summed E-state index contributed by atoms with van der Waals surface area (Å²) in [5.41, 5.74) is 0.922. The molecule has 0 bridgehead atoms. The average Bonchev–Trinajstić information content (AvgIpc) is 2.77. The summed E-state index contributed by atoms with van der Waals surface area (Å²) in [5, 5.41) is -0.740. The van der Waals surface area contributed by atoms with E-state index in [4.69, 9.17) is 11.6 Å². The highest BCUT2D eigenvalue weighted by molar-refractivity contribution is 6.31. The Hall–Kier alpha value is -2.86. The number of carbonyl (C=O) groups excluding carboxylic acids is 1. The maximum atomic E-state index is 14.7. The molecule has 34 heavy (non-hydrogen) atoms. The number of carbonyl (C=O) groups is 1. The van der Waals surface area contributed by atoms with Crippen LogP contribution in [0.25, 0.3) is 0 Å². The van der Waals surface area contributed by atoms with Gasteiger partial charge in [-0.05, 0) is 40.7 Å². The van der Waals surface area contributed by atoms with E-state index in [1.807, 2.05) is 54.6 Å². The van der Waals surface area contributed by atoms with E-state index >= 15 is 0 Å². The summed E-state index contributed by atoms with van der Waals surface area (Å²) in [6.07, 6.45) is -4.30. The molecular formula is C27H26ClF4NO. The summed E-state index contributed by atoms with van der Waals surface area (Å²) < 4.78 is 54.6. The Labute approximate surface area is 202 Å². The standard InChI is InChI=1S/C27H26ClF4NO/c1-26(2,3)20-11-9-19(10-12-20)17-33(14-13-18-7-5-4-6-8-18)25(34)22-15-21(27(30,31)32)16-23(28)24(22)29/h4-12,15-16H,13-14,17H2,1-3H3. The monoisotopic (exact) mass is 491 g/mol. The topological polar surface area (TPSA) is 20.3 Å². The molecule has 0 heterocycles. The van der Waals surface area contributed by atoms with Crippen molar-refractivity contribution in [2.45, 2.75) is 45.3 Å². The van der Waals surface area contributed by atoms with Gasteiger partial charge < -0.3 is 4.90 Å². The van der Waals surface area contributed by atoms with Crippen LogP contribution in [0.3, 0.4) is 0 Å². The smallest absolute Gasteiger partial charge is 0.334 e. The fourth-order valence-electron chi connectivity index (χ4n) is 3.57. The van der Waals surface area contributed by atoms with E-state index in [9.17, 15) is 22.4 Å². The quantitative estimate of drug-likeness (QED) is 0.324. The fourth-order valence-corrected chi connectivity index (χ4v) is 3.79. The second-order valence-corrected chi connectivity index (χ2v) is 9.63. The highest BCUT2D eigenvalue weighted by Gasteiger charge is 2.34. The first-order chi connectivity index (χ1) is 15.9. The zero-order valence-electron chi connectivity index (χ0n) is 19.2. The Kier molecular flexibility index (Phi) is 7.71. The Morgan fingerprint density at radius 1 is 0.882 bits per heavy atom. The van der Waals surface area contributed by atoms with Crippen LogP contribution >= 0.6 is 11.6 Å². The summed E-state index contributed by atoms with van der Waals surface area (Å²) >= 11 is 5.72. The van der Waals surface area contributed by atoms with Crippen LogP contribution in [0, 0.1) is 5.82 Å². The molecule has 0 unspecified atom stereocenters. The van der Waals surface area contributed by atoms with Crippen molar-refractivity contribution in [1.29, 1.82) is 0 Å². The minimum atomic E-state index is -4.76. The lowest BCUT2D eigenvalue weighted by atomic mass is 9.87. The number of rotatable bonds is 6. The number of benzene rings is 3. The molecule has 0 saturated heterocycles. The Morgan fingerprint density at radius 2 is 1.50 bits per heavy atom.